The molecule has 0 bridgehead atoms. The molecule has 4 N–H and O–H groups in total. The molecule has 108 valence electrons. The molecule has 0 atom stereocenters. The van der Waals surface area contributed by atoms with E-state index >= 15 is 0 Å². The lowest BCUT2D eigenvalue weighted by molar-refractivity contribution is -0.121. The second-order valence-corrected chi connectivity index (χ2v) is 5.00. The number of nitrogens with two attached hydrogens (primary N) is 1. The number of hydrogen-bond donors (Lipinski definition) is 3. The molecule has 0 fully saturated rings. The van der Waals surface area contributed by atoms with Crippen molar-refractivity contribution in [3.05, 3.63) is 18.2 Å². The second-order valence-electron chi connectivity index (χ2n) is 3.50. The molecule has 0 amide bonds. The first-order valence-electron chi connectivity index (χ1n) is 4.90. The molecule has 1 rings (SSSR count). The zero-order valence-corrected chi connectivity index (χ0v) is 10.6. The minimum Gasteiger partial charge on any atom is -0.495 e. The van der Waals surface area contributed by atoms with E-state index in [1.165, 1.54) is 30.0 Å². The lowest BCUT2D eigenvalue weighted by Gasteiger charge is -2.12. The predicted octanol–water partition coefficient (Wildman–Crippen LogP) is 1.09. The Morgan fingerprint density at radius 1 is 1.37 bits per heavy atom. The van der Waals surface area contributed by atoms with Crippen LogP contribution in [0.3, 0.4) is 0 Å². The molecule has 0 aliphatic heterocycles. The minimum absolute atomic E-state index is 0.0213. The fraction of sp³-hybridized carbons (Fsp3) is 0.333. The van der Waals surface area contributed by atoms with E-state index in [4.69, 9.17) is 10.5 Å². The summed E-state index contributed by atoms with van der Waals surface area (Å²) in [5.74, 6) is 0.325. The predicted molar refractivity (Wildman–Crippen MR) is 64.0 cm³/mol. The third kappa shape index (κ3) is 5.22. The maximum absolute atomic E-state index is 11.9. The van der Waals surface area contributed by atoms with Gasteiger partial charge in [-0.3, -0.25) is 4.72 Å². The lowest BCUT2D eigenvalue weighted by Crippen LogP contribution is -2.37. The van der Waals surface area contributed by atoms with Crippen molar-refractivity contribution < 1.29 is 26.3 Å². The van der Waals surface area contributed by atoms with E-state index in [0.717, 1.165) is 0 Å². The number of hydrogen-bond acceptors (Lipinski definition) is 4. The monoisotopic (exact) mass is 299 g/mol. The Morgan fingerprint density at radius 2 is 2.00 bits per heavy atom. The fourth-order valence-electron chi connectivity index (χ4n) is 1.17. The Kier molecular flexibility index (Phi) is 4.48. The van der Waals surface area contributed by atoms with Crippen molar-refractivity contribution in [3.8, 4) is 5.75 Å². The first-order valence-corrected chi connectivity index (χ1v) is 6.39. The average molecular weight is 299 g/mol. The van der Waals surface area contributed by atoms with Crippen LogP contribution >= 0.6 is 0 Å². The molecule has 10 heteroatoms. The molecule has 0 radical (unpaired) electrons. The summed E-state index contributed by atoms with van der Waals surface area (Å²) in [6.07, 6.45) is -4.63. The number of alkyl halides is 3. The molecular formula is C9H12F3N3O3S. The van der Waals surface area contributed by atoms with Crippen LogP contribution in [0.25, 0.3) is 0 Å². The molecule has 1 aromatic rings. The zero-order chi connectivity index (χ0) is 14.7. The highest BCUT2D eigenvalue weighted by Crippen LogP contribution is 2.25. The summed E-state index contributed by atoms with van der Waals surface area (Å²) in [5, 5.41) is 0. The van der Waals surface area contributed by atoms with Gasteiger partial charge in [0.1, 0.15) is 12.3 Å². The molecule has 1 aromatic carbocycles. The third-order valence-electron chi connectivity index (χ3n) is 1.94. The Bertz CT molecular complexity index is 545. The fourth-order valence-corrected chi connectivity index (χ4v) is 2.03. The highest BCUT2D eigenvalue weighted by Gasteiger charge is 2.29. The topological polar surface area (TPSA) is 93.4 Å². The Balaban J connectivity index is 2.76. The molecule has 0 aliphatic carbocycles. The third-order valence-corrected chi connectivity index (χ3v) is 2.97. The van der Waals surface area contributed by atoms with Crippen molar-refractivity contribution in [1.82, 2.24) is 4.72 Å². The quantitative estimate of drug-likeness (QED) is 0.709. The number of anilines is 2. The molecular weight excluding hydrogens is 287 g/mol. The number of ether oxygens (including phenoxy) is 1. The van der Waals surface area contributed by atoms with Crippen LogP contribution in [0.2, 0.25) is 0 Å². The van der Waals surface area contributed by atoms with Gasteiger partial charge in [0.15, 0.2) is 0 Å². The van der Waals surface area contributed by atoms with Gasteiger partial charge in [0.2, 0.25) is 0 Å². The lowest BCUT2D eigenvalue weighted by atomic mass is 10.2. The van der Waals surface area contributed by atoms with Gasteiger partial charge in [-0.25, -0.2) is 0 Å². The van der Waals surface area contributed by atoms with Crippen LogP contribution < -0.4 is 19.9 Å². The van der Waals surface area contributed by atoms with Gasteiger partial charge >= 0.3 is 6.18 Å². The van der Waals surface area contributed by atoms with Crippen molar-refractivity contribution in [3.63, 3.8) is 0 Å². The van der Waals surface area contributed by atoms with E-state index in [-0.39, 0.29) is 11.4 Å². The summed E-state index contributed by atoms with van der Waals surface area (Å²) in [5.41, 5.74) is 5.71. The van der Waals surface area contributed by atoms with Crippen molar-refractivity contribution in [1.29, 1.82) is 0 Å². The summed E-state index contributed by atoms with van der Waals surface area (Å²) in [4.78, 5) is 0. The molecule has 0 heterocycles. The molecule has 0 aliphatic rings. The minimum atomic E-state index is -4.63. The normalized spacial score (nSPS) is 12.2. The van der Waals surface area contributed by atoms with Crippen LogP contribution in [-0.2, 0) is 10.2 Å². The second kappa shape index (κ2) is 5.53. The first-order chi connectivity index (χ1) is 8.63. The van der Waals surface area contributed by atoms with E-state index in [0.29, 0.717) is 5.75 Å². The van der Waals surface area contributed by atoms with Crippen LogP contribution in [0.4, 0.5) is 24.5 Å². The number of rotatable bonds is 5. The van der Waals surface area contributed by atoms with Gasteiger partial charge in [-0.2, -0.15) is 26.3 Å². The summed E-state index contributed by atoms with van der Waals surface area (Å²) in [6.45, 7) is -1.66. The number of nitrogen functional groups attached to an aromatic ring is 1. The maximum Gasteiger partial charge on any atom is 0.402 e. The van der Waals surface area contributed by atoms with E-state index in [2.05, 4.69) is 0 Å². The van der Waals surface area contributed by atoms with Crippen molar-refractivity contribution in [2.45, 2.75) is 6.18 Å². The van der Waals surface area contributed by atoms with Crippen LogP contribution in [-0.4, -0.2) is 28.2 Å². The van der Waals surface area contributed by atoms with Crippen molar-refractivity contribution >= 4 is 21.6 Å². The van der Waals surface area contributed by atoms with Gasteiger partial charge in [-0.15, -0.1) is 0 Å². The molecule has 0 saturated heterocycles. The molecule has 6 nitrogen and oxygen atoms in total. The summed E-state index contributed by atoms with van der Waals surface area (Å²) in [7, 11) is -2.95. The molecule has 0 aromatic heterocycles. The van der Waals surface area contributed by atoms with E-state index in [1.54, 1.807) is 0 Å². The first kappa shape index (κ1) is 15.4. The largest absolute Gasteiger partial charge is 0.495 e. The van der Waals surface area contributed by atoms with Crippen LogP contribution in [0.5, 0.6) is 5.75 Å². The van der Waals surface area contributed by atoms with E-state index in [9.17, 15) is 21.6 Å². The van der Waals surface area contributed by atoms with Gasteiger partial charge in [0, 0.05) is 0 Å². The summed E-state index contributed by atoms with van der Waals surface area (Å²) < 4.78 is 66.4. The average Bonchev–Trinajstić information content (AvgIpc) is 2.25. The van der Waals surface area contributed by atoms with E-state index in [1.807, 2.05) is 4.72 Å². The highest BCUT2D eigenvalue weighted by molar-refractivity contribution is 7.90. The summed E-state index contributed by atoms with van der Waals surface area (Å²) in [6, 6.07) is 3.92. The standard InChI is InChI=1S/C9H12F3N3O3S/c1-18-8-3-2-6(4-7(8)13)15-19(16,17)14-5-9(10,11)12/h2-4,14-15H,5,13H2,1H3. The highest BCUT2D eigenvalue weighted by atomic mass is 32.2. The molecule has 0 saturated carbocycles. The van der Waals surface area contributed by atoms with Crippen molar-refractivity contribution in [2.75, 3.05) is 24.1 Å². The van der Waals surface area contributed by atoms with Crippen molar-refractivity contribution in [2.24, 2.45) is 0 Å². The van der Waals surface area contributed by atoms with Gasteiger partial charge in [0.25, 0.3) is 10.2 Å². The SMILES string of the molecule is COc1ccc(NS(=O)(=O)NCC(F)(F)F)cc1N. The van der Waals surface area contributed by atoms with E-state index < -0.39 is 22.9 Å². The van der Waals surface area contributed by atoms with Crippen LogP contribution in [0, 0.1) is 0 Å². The smallest absolute Gasteiger partial charge is 0.402 e. The number of benzene rings is 1. The van der Waals surface area contributed by atoms with Gasteiger partial charge < -0.3 is 10.5 Å². The van der Waals surface area contributed by atoms with Crippen LogP contribution in [0.15, 0.2) is 18.2 Å². The maximum atomic E-state index is 11.9. The van der Waals surface area contributed by atoms with Gasteiger partial charge in [0.05, 0.1) is 18.5 Å². The number of methoxy groups -OCH3 is 1. The Labute approximate surface area is 107 Å². The Morgan fingerprint density at radius 3 is 2.47 bits per heavy atom. The molecule has 0 spiro atoms. The molecule has 0 unspecified atom stereocenters. The number of halogens is 3. The van der Waals surface area contributed by atoms with Gasteiger partial charge in [-0.1, -0.05) is 0 Å². The Hall–Kier alpha value is -1.68. The van der Waals surface area contributed by atoms with Crippen LogP contribution in [0.1, 0.15) is 0 Å². The number of nitrogens with one attached hydrogen (secondary N) is 2. The summed E-state index contributed by atoms with van der Waals surface area (Å²) >= 11 is 0. The molecule has 19 heavy (non-hydrogen) atoms. The van der Waals surface area contributed by atoms with Gasteiger partial charge in [-0.05, 0) is 18.2 Å². The zero-order valence-electron chi connectivity index (χ0n) is 9.78.